The van der Waals surface area contributed by atoms with Crippen LogP contribution in [0.4, 0.5) is 4.39 Å². The second-order valence-corrected chi connectivity index (χ2v) is 7.50. The van der Waals surface area contributed by atoms with E-state index >= 15 is 0 Å². The van der Waals surface area contributed by atoms with E-state index in [-0.39, 0.29) is 29.5 Å². The van der Waals surface area contributed by atoms with Gasteiger partial charge in [-0.1, -0.05) is 0 Å². The van der Waals surface area contributed by atoms with Crippen molar-refractivity contribution in [2.45, 2.75) is 52.6 Å². The zero-order chi connectivity index (χ0) is 20.4. The Kier molecular flexibility index (Phi) is 5.77. The first-order valence-corrected chi connectivity index (χ1v) is 9.70. The average molecular weight is 383 g/mol. The van der Waals surface area contributed by atoms with Crippen molar-refractivity contribution in [1.29, 1.82) is 0 Å². The van der Waals surface area contributed by atoms with Crippen LogP contribution in [0.1, 0.15) is 59.9 Å². The van der Waals surface area contributed by atoms with Crippen LogP contribution in [-0.2, 0) is 0 Å². The van der Waals surface area contributed by atoms with Crippen molar-refractivity contribution < 1.29 is 14.0 Å². The van der Waals surface area contributed by atoms with Gasteiger partial charge in [-0.05, 0) is 70.4 Å². The molecule has 1 fully saturated rings. The Morgan fingerprint density at radius 1 is 1.25 bits per heavy atom. The monoisotopic (exact) mass is 383 g/mol. The van der Waals surface area contributed by atoms with Crippen LogP contribution in [-0.4, -0.2) is 40.3 Å². The second-order valence-electron chi connectivity index (χ2n) is 7.50. The van der Waals surface area contributed by atoms with E-state index < -0.39 is 5.82 Å². The van der Waals surface area contributed by atoms with E-state index in [4.69, 9.17) is 0 Å². The number of amides is 2. The molecule has 2 aromatic rings. The van der Waals surface area contributed by atoms with Crippen LogP contribution in [0.25, 0.3) is 11.3 Å². The number of hydrogen-bond acceptors (Lipinski definition) is 3. The number of carbonyl (C=O) groups is 2. The highest BCUT2D eigenvalue weighted by Crippen LogP contribution is 2.27. The summed E-state index contributed by atoms with van der Waals surface area (Å²) < 4.78 is 14.4. The number of benzene rings is 1. The number of halogens is 1. The van der Waals surface area contributed by atoms with Crippen LogP contribution in [0.15, 0.2) is 30.5 Å². The minimum Gasteiger partial charge on any atom is -0.349 e. The van der Waals surface area contributed by atoms with Gasteiger partial charge < -0.3 is 10.2 Å². The van der Waals surface area contributed by atoms with E-state index in [1.165, 1.54) is 12.3 Å². The van der Waals surface area contributed by atoms with Gasteiger partial charge in [-0.3, -0.25) is 14.6 Å². The zero-order valence-corrected chi connectivity index (χ0v) is 16.8. The van der Waals surface area contributed by atoms with Crippen LogP contribution < -0.4 is 5.32 Å². The fourth-order valence-electron chi connectivity index (χ4n) is 3.16. The lowest BCUT2D eigenvalue weighted by Crippen LogP contribution is -2.36. The molecule has 1 N–H and O–H groups in total. The molecule has 0 spiro atoms. The molecule has 3 rings (SSSR count). The summed E-state index contributed by atoms with van der Waals surface area (Å²) in [6.45, 7) is 8.14. The lowest BCUT2D eigenvalue weighted by molar-refractivity contribution is 0.0716. The lowest BCUT2D eigenvalue weighted by atomic mass is 10.00. The molecule has 6 heteroatoms. The van der Waals surface area contributed by atoms with Crippen LogP contribution >= 0.6 is 0 Å². The van der Waals surface area contributed by atoms with Gasteiger partial charge in [0.1, 0.15) is 5.82 Å². The Hall–Kier alpha value is -2.76. The second kappa shape index (κ2) is 8.09. The fourth-order valence-corrected chi connectivity index (χ4v) is 3.16. The van der Waals surface area contributed by atoms with Crippen LogP contribution in [0.5, 0.6) is 0 Å². The minimum atomic E-state index is -0.447. The Bertz CT molecular complexity index is 889. The average Bonchev–Trinajstić information content (AvgIpc) is 3.48. The van der Waals surface area contributed by atoms with Gasteiger partial charge in [0.2, 0.25) is 0 Å². The molecule has 5 nitrogen and oxygen atoms in total. The van der Waals surface area contributed by atoms with Gasteiger partial charge in [0.25, 0.3) is 11.8 Å². The maximum Gasteiger partial charge on any atom is 0.255 e. The summed E-state index contributed by atoms with van der Waals surface area (Å²) in [6, 6.07) is 6.61. The molecule has 148 valence electrons. The molecular weight excluding hydrogens is 357 g/mol. The Balaban J connectivity index is 1.89. The van der Waals surface area contributed by atoms with E-state index in [0.29, 0.717) is 28.9 Å². The van der Waals surface area contributed by atoms with Crippen molar-refractivity contribution in [1.82, 2.24) is 15.2 Å². The number of pyridine rings is 1. The molecule has 1 aliphatic carbocycles. The Morgan fingerprint density at radius 2 is 1.96 bits per heavy atom. The molecule has 0 saturated heterocycles. The predicted octanol–water partition coefficient (Wildman–Crippen LogP) is 3.96. The maximum absolute atomic E-state index is 14.4. The SMILES string of the molecule is CCN(C(=O)c1ccc(-c2cc(C(=O)NC3CC3)cc(F)c2C)nc1)C(C)C. The van der Waals surface area contributed by atoms with Crippen molar-refractivity contribution in [2.24, 2.45) is 0 Å². The molecule has 1 aromatic carbocycles. The third kappa shape index (κ3) is 4.21. The summed E-state index contributed by atoms with van der Waals surface area (Å²) in [5.74, 6) is -0.806. The summed E-state index contributed by atoms with van der Waals surface area (Å²) in [5, 5.41) is 2.87. The molecule has 1 aromatic heterocycles. The standard InChI is InChI=1S/C22H26FN3O2/c1-5-26(13(2)3)22(28)15-6-9-20(24-12-15)18-10-16(11-19(23)14(18)4)21(27)25-17-7-8-17/h6,9-13,17H,5,7-8H2,1-4H3,(H,25,27). The molecule has 0 atom stereocenters. The number of aromatic nitrogens is 1. The highest BCUT2D eigenvalue weighted by atomic mass is 19.1. The Morgan fingerprint density at radius 3 is 2.50 bits per heavy atom. The molecule has 1 heterocycles. The molecule has 1 saturated carbocycles. The topological polar surface area (TPSA) is 62.3 Å². The van der Waals surface area contributed by atoms with Gasteiger partial charge in [0, 0.05) is 36.0 Å². The molecule has 0 unspecified atom stereocenters. The van der Waals surface area contributed by atoms with Crippen molar-refractivity contribution in [3.63, 3.8) is 0 Å². The normalized spacial score (nSPS) is 13.5. The van der Waals surface area contributed by atoms with Gasteiger partial charge in [-0.25, -0.2) is 4.39 Å². The first kappa shape index (κ1) is 20.0. The number of nitrogens with zero attached hydrogens (tertiary/aromatic N) is 2. The molecule has 1 aliphatic rings. The van der Waals surface area contributed by atoms with Gasteiger partial charge in [0.05, 0.1) is 11.3 Å². The van der Waals surface area contributed by atoms with Crippen LogP contribution in [0.2, 0.25) is 0 Å². The first-order chi connectivity index (χ1) is 13.3. The molecule has 0 bridgehead atoms. The molecule has 2 amide bonds. The van der Waals surface area contributed by atoms with Gasteiger partial charge in [0.15, 0.2) is 0 Å². The fraction of sp³-hybridized carbons (Fsp3) is 0.409. The highest BCUT2D eigenvalue weighted by Gasteiger charge is 2.25. The third-order valence-electron chi connectivity index (χ3n) is 5.03. The van der Waals surface area contributed by atoms with Crippen LogP contribution in [0.3, 0.4) is 0 Å². The van der Waals surface area contributed by atoms with Gasteiger partial charge in [-0.2, -0.15) is 0 Å². The van der Waals surface area contributed by atoms with Gasteiger partial charge in [-0.15, -0.1) is 0 Å². The quantitative estimate of drug-likeness (QED) is 0.821. The van der Waals surface area contributed by atoms with Crippen molar-refractivity contribution in [3.05, 3.63) is 53.0 Å². The predicted molar refractivity (Wildman–Crippen MR) is 107 cm³/mol. The molecular formula is C22H26FN3O2. The Labute approximate surface area is 165 Å². The van der Waals surface area contributed by atoms with E-state index in [0.717, 1.165) is 12.8 Å². The summed E-state index contributed by atoms with van der Waals surface area (Å²) in [5.41, 5.74) is 2.27. The zero-order valence-electron chi connectivity index (χ0n) is 16.8. The van der Waals surface area contributed by atoms with E-state index in [9.17, 15) is 14.0 Å². The van der Waals surface area contributed by atoms with E-state index in [2.05, 4.69) is 10.3 Å². The van der Waals surface area contributed by atoms with Gasteiger partial charge >= 0.3 is 0 Å². The number of rotatable bonds is 6. The van der Waals surface area contributed by atoms with E-state index in [1.54, 1.807) is 30.0 Å². The first-order valence-electron chi connectivity index (χ1n) is 9.70. The van der Waals surface area contributed by atoms with Crippen molar-refractivity contribution >= 4 is 11.8 Å². The summed E-state index contributed by atoms with van der Waals surface area (Å²) in [4.78, 5) is 31.1. The third-order valence-corrected chi connectivity index (χ3v) is 5.03. The smallest absolute Gasteiger partial charge is 0.255 e. The molecule has 28 heavy (non-hydrogen) atoms. The maximum atomic E-state index is 14.4. The number of nitrogens with one attached hydrogen (secondary N) is 1. The lowest BCUT2D eigenvalue weighted by Gasteiger charge is -2.25. The summed E-state index contributed by atoms with van der Waals surface area (Å²) in [7, 11) is 0. The van der Waals surface area contributed by atoms with Crippen molar-refractivity contribution in [3.8, 4) is 11.3 Å². The molecule has 0 aliphatic heterocycles. The number of carbonyl (C=O) groups excluding carboxylic acids is 2. The number of hydrogen-bond donors (Lipinski definition) is 1. The van der Waals surface area contributed by atoms with Crippen molar-refractivity contribution in [2.75, 3.05) is 6.54 Å². The highest BCUT2D eigenvalue weighted by molar-refractivity contribution is 5.96. The largest absolute Gasteiger partial charge is 0.349 e. The summed E-state index contributed by atoms with van der Waals surface area (Å²) >= 11 is 0. The summed E-state index contributed by atoms with van der Waals surface area (Å²) in [6.07, 6.45) is 3.45. The van der Waals surface area contributed by atoms with Crippen LogP contribution in [0, 0.1) is 12.7 Å². The minimum absolute atomic E-state index is 0.0861. The molecule has 0 radical (unpaired) electrons. The van der Waals surface area contributed by atoms with E-state index in [1.807, 2.05) is 20.8 Å².